The first-order chi connectivity index (χ1) is 17.5. The number of allylic oxidation sites excluding steroid dienone is 1. The molecule has 4 aromatic rings. The van der Waals surface area contributed by atoms with Gasteiger partial charge in [-0.1, -0.05) is 69.7 Å². The highest BCUT2D eigenvalue weighted by Gasteiger charge is 2.32. The monoisotopic (exact) mass is 558 g/mol. The van der Waals surface area contributed by atoms with E-state index in [-0.39, 0.29) is 17.4 Å². The lowest BCUT2D eigenvalue weighted by Crippen LogP contribution is -2.38. The third-order valence-corrected chi connectivity index (χ3v) is 8.15. The SMILES string of the molecule is CCOc1cc(/C=c2\sc3n(c2=O)[C@H](c2ccc(Br)cc2)C2=C(N=3)c3ccccc3CC2)ccc1O. The zero-order valence-corrected chi connectivity index (χ0v) is 22.0. The number of phenolic OH excluding ortho intramolecular Hbond substituents is 1. The molecule has 1 aliphatic heterocycles. The number of hydrogen-bond donors (Lipinski definition) is 1. The van der Waals surface area contributed by atoms with Crippen molar-refractivity contribution in [1.29, 1.82) is 0 Å². The maximum Gasteiger partial charge on any atom is 0.271 e. The topological polar surface area (TPSA) is 63.8 Å². The highest BCUT2D eigenvalue weighted by Crippen LogP contribution is 2.41. The van der Waals surface area contributed by atoms with E-state index in [1.54, 1.807) is 18.2 Å². The number of aromatic hydroxyl groups is 1. The second-order valence-corrected chi connectivity index (χ2v) is 10.8. The number of hydrogen-bond acceptors (Lipinski definition) is 5. The molecular weight excluding hydrogens is 536 g/mol. The van der Waals surface area contributed by atoms with Gasteiger partial charge in [-0.3, -0.25) is 9.36 Å². The van der Waals surface area contributed by atoms with Crippen LogP contribution in [0.1, 0.15) is 41.6 Å². The molecule has 0 bridgehead atoms. The van der Waals surface area contributed by atoms with Crippen molar-refractivity contribution in [2.24, 2.45) is 4.99 Å². The van der Waals surface area contributed by atoms with Gasteiger partial charge < -0.3 is 9.84 Å². The molecule has 0 spiro atoms. The molecule has 36 heavy (non-hydrogen) atoms. The van der Waals surface area contributed by atoms with E-state index < -0.39 is 0 Å². The highest BCUT2D eigenvalue weighted by molar-refractivity contribution is 9.10. The van der Waals surface area contributed by atoms with Gasteiger partial charge in [0.05, 0.1) is 22.9 Å². The first-order valence-electron chi connectivity index (χ1n) is 11.9. The van der Waals surface area contributed by atoms with Gasteiger partial charge >= 0.3 is 0 Å². The van der Waals surface area contributed by atoms with Gasteiger partial charge in [-0.05, 0) is 72.4 Å². The Bertz CT molecular complexity index is 1700. The molecule has 6 rings (SSSR count). The molecule has 1 atom stereocenters. The number of aryl methyl sites for hydroxylation is 1. The van der Waals surface area contributed by atoms with E-state index >= 15 is 0 Å². The Balaban J connectivity index is 1.58. The van der Waals surface area contributed by atoms with Gasteiger partial charge in [-0.15, -0.1) is 0 Å². The van der Waals surface area contributed by atoms with Gasteiger partial charge in [0.15, 0.2) is 16.3 Å². The Hall–Kier alpha value is -3.42. The van der Waals surface area contributed by atoms with E-state index in [1.807, 2.05) is 29.7 Å². The summed E-state index contributed by atoms with van der Waals surface area (Å²) in [6.07, 6.45) is 3.63. The molecular formula is C29H23BrN2O3S. The minimum atomic E-state index is -0.210. The number of ether oxygens (including phenoxy) is 1. The molecule has 2 heterocycles. The summed E-state index contributed by atoms with van der Waals surface area (Å²) in [4.78, 5) is 19.6. The van der Waals surface area contributed by atoms with E-state index in [2.05, 4.69) is 52.3 Å². The van der Waals surface area contributed by atoms with Gasteiger partial charge in [-0.2, -0.15) is 0 Å². The lowest BCUT2D eigenvalue weighted by atomic mass is 9.83. The second kappa shape index (κ2) is 9.22. The first kappa shape index (κ1) is 23.0. The van der Waals surface area contributed by atoms with E-state index in [9.17, 15) is 9.90 Å². The molecule has 0 saturated heterocycles. The number of halogens is 1. The maximum atomic E-state index is 13.8. The van der Waals surface area contributed by atoms with E-state index in [0.717, 1.165) is 39.7 Å². The molecule has 0 amide bonds. The summed E-state index contributed by atoms with van der Waals surface area (Å²) in [6.45, 7) is 2.31. The molecule has 2 aliphatic rings. The average molecular weight is 559 g/mol. The number of aromatic nitrogens is 1. The van der Waals surface area contributed by atoms with Crippen LogP contribution in [-0.2, 0) is 6.42 Å². The van der Waals surface area contributed by atoms with Crippen molar-refractivity contribution in [2.75, 3.05) is 6.61 Å². The third kappa shape index (κ3) is 3.92. The van der Waals surface area contributed by atoms with Crippen LogP contribution in [0.3, 0.4) is 0 Å². The van der Waals surface area contributed by atoms with Crippen molar-refractivity contribution in [2.45, 2.75) is 25.8 Å². The van der Waals surface area contributed by atoms with Crippen LogP contribution in [0.4, 0.5) is 0 Å². The lowest BCUT2D eigenvalue weighted by molar-refractivity contribution is 0.318. The largest absolute Gasteiger partial charge is 0.504 e. The summed E-state index contributed by atoms with van der Waals surface area (Å²) >= 11 is 4.93. The molecule has 0 fully saturated rings. The van der Waals surface area contributed by atoms with E-state index in [1.165, 1.54) is 22.5 Å². The highest BCUT2D eigenvalue weighted by atomic mass is 79.9. The van der Waals surface area contributed by atoms with Gasteiger partial charge in [0.1, 0.15) is 0 Å². The van der Waals surface area contributed by atoms with Crippen molar-refractivity contribution in [1.82, 2.24) is 4.57 Å². The number of fused-ring (bicyclic) bond motifs is 3. The average Bonchev–Trinajstić information content (AvgIpc) is 3.20. The summed E-state index contributed by atoms with van der Waals surface area (Å²) < 4.78 is 8.97. The number of nitrogens with zero attached hydrogens (tertiary/aromatic N) is 2. The Morgan fingerprint density at radius 2 is 1.94 bits per heavy atom. The summed E-state index contributed by atoms with van der Waals surface area (Å²) in [7, 11) is 0. The molecule has 0 saturated carbocycles. The van der Waals surface area contributed by atoms with Crippen LogP contribution in [0, 0.1) is 0 Å². The number of phenols is 1. The Morgan fingerprint density at radius 3 is 2.75 bits per heavy atom. The summed E-state index contributed by atoms with van der Waals surface area (Å²) in [6, 6.07) is 21.5. The predicted molar refractivity (Wildman–Crippen MR) is 146 cm³/mol. The molecule has 0 unspecified atom stereocenters. The van der Waals surface area contributed by atoms with Crippen LogP contribution in [0.25, 0.3) is 11.8 Å². The van der Waals surface area contributed by atoms with Crippen molar-refractivity contribution in [3.63, 3.8) is 0 Å². The van der Waals surface area contributed by atoms with Crippen LogP contribution in [-0.4, -0.2) is 16.3 Å². The smallest absolute Gasteiger partial charge is 0.271 e. The molecule has 7 heteroatoms. The molecule has 1 N–H and O–H groups in total. The van der Waals surface area contributed by atoms with Crippen LogP contribution < -0.4 is 19.6 Å². The van der Waals surface area contributed by atoms with Crippen molar-refractivity contribution in [3.8, 4) is 11.5 Å². The van der Waals surface area contributed by atoms with Gasteiger partial charge in [0.25, 0.3) is 5.56 Å². The van der Waals surface area contributed by atoms with Gasteiger partial charge in [0.2, 0.25) is 0 Å². The Morgan fingerprint density at radius 1 is 1.14 bits per heavy atom. The summed E-state index contributed by atoms with van der Waals surface area (Å²) in [5.41, 5.74) is 6.40. The van der Waals surface area contributed by atoms with Crippen molar-refractivity contribution < 1.29 is 9.84 Å². The van der Waals surface area contributed by atoms with Crippen LogP contribution in [0.5, 0.6) is 11.5 Å². The molecule has 180 valence electrons. The maximum absolute atomic E-state index is 13.8. The van der Waals surface area contributed by atoms with Crippen molar-refractivity contribution in [3.05, 3.63) is 119 Å². The van der Waals surface area contributed by atoms with Crippen LogP contribution in [0.15, 0.2) is 86.6 Å². The summed E-state index contributed by atoms with van der Waals surface area (Å²) in [5.74, 6) is 0.482. The second-order valence-electron chi connectivity index (χ2n) is 8.83. The number of thiazole rings is 1. The molecule has 5 nitrogen and oxygen atoms in total. The fourth-order valence-corrected chi connectivity index (χ4v) is 6.28. The van der Waals surface area contributed by atoms with E-state index in [4.69, 9.17) is 9.73 Å². The number of rotatable bonds is 4. The van der Waals surface area contributed by atoms with Gasteiger partial charge in [0, 0.05) is 10.0 Å². The fraction of sp³-hybridized carbons (Fsp3) is 0.172. The molecule has 1 aromatic heterocycles. The summed E-state index contributed by atoms with van der Waals surface area (Å²) in [5, 5.41) is 10.1. The third-order valence-electron chi connectivity index (χ3n) is 6.64. The van der Waals surface area contributed by atoms with Crippen LogP contribution in [0.2, 0.25) is 0 Å². The minimum absolute atomic E-state index is 0.0666. The minimum Gasteiger partial charge on any atom is -0.504 e. The molecule has 0 radical (unpaired) electrons. The van der Waals surface area contributed by atoms with Gasteiger partial charge in [-0.25, -0.2) is 4.99 Å². The molecule has 3 aromatic carbocycles. The standard InChI is InChI=1S/C29H23BrN2O3S/c1-2-35-24-15-17(7-14-23(24)33)16-25-28(34)32-27(19-8-11-20(30)12-9-19)22-13-10-18-5-3-4-6-21(18)26(22)31-29(32)36-25/h3-9,11-12,14-16,27,33H,2,10,13H2,1H3/b25-16-/t27-/m1/s1. The fourth-order valence-electron chi connectivity index (χ4n) is 5.01. The van der Waals surface area contributed by atoms with Crippen LogP contribution >= 0.6 is 27.3 Å². The zero-order chi connectivity index (χ0) is 24.8. The van der Waals surface area contributed by atoms with Crippen molar-refractivity contribution >= 4 is 39.0 Å². The zero-order valence-electron chi connectivity index (χ0n) is 19.6. The molecule has 1 aliphatic carbocycles. The Kier molecular flexibility index (Phi) is 5.90. The Labute approximate surface area is 220 Å². The number of benzene rings is 3. The lowest BCUT2D eigenvalue weighted by Gasteiger charge is -2.30. The predicted octanol–water partition coefficient (Wildman–Crippen LogP) is 5.19. The quantitative estimate of drug-likeness (QED) is 0.375. The normalized spacial score (nSPS) is 16.7. The first-order valence-corrected chi connectivity index (χ1v) is 13.5. The van der Waals surface area contributed by atoms with E-state index in [0.29, 0.717) is 21.7 Å².